The molecule has 356 valence electrons. The van der Waals surface area contributed by atoms with Crippen molar-refractivity contribution in [3.05, 3.63) is 36.3 Å². The Morgan fingerprint density at radius 3 is 2.27 bits per heavy atom. The second-order valence-corrected chi connectivity index (χ2v) is 17.9. The highest BCUT2D eigenvalue weighted by molar-refractivity contribution is 6.00. The Bertz CT molecular complexity index is 1930. The molecule has 13 atom stereocenters. The van der Waals surface area contributed by atoms with E-state index in [4.69, 9.17) is 33.0 Å². The molecule has 0 bridgehead atoms. The van der Waals surface area contributed by atoms with Crippen molar-refractivity contribution in [3.63, 3.8) is 0 Å². The van der Waals surface area contributed by atoms with Crippen LogP contribution in [0.25, 0.3) is 11.3 Å². The van der Waals surface area contributed by atoms with Crippen LogP contribution in [0.2, 0.25) is 0 Å². The predicted octanol–water partition coefficient (Wildman–Crippen LogP) is 5.11. The molecule has 4 heterocycles. The summed E-state index contributed by atoms with van der Waals surface area (Å²) < 4.78 is 36.4. The topological polar surface area (TPSA) is 231 Å². The minimum absolute atomic E-state index is 0.0468. The summed E-state index contributed by atoms with van der Waals surface area (Å²) in [6, 6.07) is 4.99. The Balaban J connectivity index is 1.72. The van der Waals surface area contributed by atoms with Gasteiger partial charge in [0, 0.05) is 49.2 Å². The highest BCUT2D eigenvalue weighted by Gasteiger charge is 2.52. The Kier molecular flexibility index (Phi) is 18.4. The highest BCUT2D eigenvalue weighted by Crippen LogP contribution is 2.38. The first kappa shape index (κ1) is 52.2. The molecule has 4 rings (SSSR count). The van der Waals surface area contributed by atoms with Gasteiger partial charge in [-0.25, -0.2) is 4.99 Å². The third-order valence-corrected chi connectivity index (χ3v) is 12.2. The van der Waals surface area contributed by atoms with Gasteiger partial charge in [0.2, 0.25) is 5.91 Å². The molecule has 0 saturated carbocycles. The lowest BCUT2D eigenvalue weighted by Gasteiger charge is -2.47. The van der Waals surface area contributed by atoms with Crippen LogP contribution in [0.5, 0.6) is 0 Å². The number of carbonyl (C=O) groups excluding carboxylic acids is 4. The third kappa shape index (κ3) is 13.1. The van der Waals surface area contributed by atoms with E-state index in [2.05, 4.69) is 20.3 Å². The van der Waals surface area contributed by atoms with E-state index in [1.807, 2.05) is 38.9 Å². The average Bonchev–Trinajstić information content (AvgIpc) is 3.77. The maximum Gasteiger partial charge on any atom is 0.316 e. The normalized spacial score (nSPS) is 34.3. The number of carbonyl (C=O) groups is 4. The van der Waals surface area contributed by atoms with Gasteiger partial charge in [0.1, 0.15) is 17.6 Å². The number of cyclic esters (lactones) is 1. The van der Waals surface area contributed by atoms with E-state index in [9.17, 15) is 29.4 Å². The van der Waals surface area contributed by atoms with E-state index >= 15 is 0 Å². The van der Waals surface area contributed by atoms with Crippen molar-refractivity contribution in [3.8, 4) is 11.3 Å². The number of amides is 1. The monoisotopic (exact) mass is 899 g/mol. The first-order valence-corrected chi connectivity index (χ1v) is 22.1. The summed E-state index contributed by atoms with van der Waals surface area (Å²) in [5, 5.41) is 33.1. The second kappa shape index (κ2) is 22.6. The standard InChI is InChI=1S/C46H69N5O13/c1-14-33(50-59-24-34-17-16-32(22-47-34)36-18-19-48-64-36)23-58-42-27(5)38(49-30(8)52)25(3)21-45(10,56)41(28(6)39(54)29(7)43(55)62-37(15-2)46(42,11)57)63-44-40(61-31(9)53)35(51(12)13)20-26(4)60-44/h16-19,22,25-29,35,37,40-42,44,56-57H,14-15,20-21,23-24H2,1-13H3/b49-38+,50-33?/t25-,26-,27+,28+,29-,35+,37-,40-,41-,42-,44+,45-,46-/m1/s1. The molecule has 0 radical (unpaired) electrons. The van der Waals surface area contributed by atoms with Gasteiger partial charge in [0.05, 0.1) is 54.2 Å². The van der Waals surface area contributed by atoms with Crippen LogP contribution in [0, 0.1) is 23.7 Å². The van der Waals surface area contributed by atoms with Gasteiger partial charge in [-0.05, 0) is 85.5 Å². The lowest BCUT2D eigenvalue weighted by molar-refractivity contribution is -0.295. The average molecular weight is 900 g/mol. The fourth-order valence-electron chi connectivity index (χ4n) is 8.85. The zero-order chi connectivity index (χ0) is 47.7. The number of ether oxygens (including phenoxy) is 5. The van der Waals surface area contributed by atoms with Crippen LogP contribution in [0.15, 0.2) is 45.3 Å². The molecule has 2 fully saturated rings. The molecule has 0 aromatic carbocycles. The molecular formula is C46H69N5O13. The third-order valence-electron chi connectivity index (χ3n) is 12.2. The van der Waals surface area contributed by atoms with E-state index < -0.39 is 89.2 Å². The first-order valence-electron chi connectivity index (χ1n) is 22.1. The number of Topliss-reactive ketones (excluding diaryl/α,β-unsaturated/α-hetero) is 1. The predicted molar refractivity (Wildman–Crippen MR) is 235 cm³/mol. The van der Waals surface area contributed by atoms with Gasteiger partial charge >= 0.3 is 11.9 Å². The number of ketones is 1. The molecule has 64 heavy (non-hydrogen) atoms. The van der Waals surface area contributed by atoms with Crippen LogP contribution in [-0.4, -0.2) is 135 Å². The van der Waals surface area contributed by atoms with Crippen molar-refractivity contribution in [2.24, 2.45) is 33.8 Å². The van der Waals surface area contributed by atoms with Crippen LogP contribution in [-0.2, 0) is 54.3 Å². The Hall–Kier alpha value is -4.46. The zero-order valence-electron chi connectivity index (χ0n) is 39.6. The van der Waals surface area contributed by atoms with E-state index in [1.165, 1.54) is 34.6 Å². The van der Waals surface area contributed by atoms with Crippen molar-refractivity contribution < 1.29 is 62.4 Å². The first-order chi connectivity index (χ1) is 30.0. The maximum atomic E-state index is 14.4. The molecule has 2 N–H and O–H groups in total. The van der Waals surface area contributed by atoms with Gasteiger partial charge < -0.3 is 48.2 Å². The van der Waals surface area contributed by atoms with Crippen molar-refractivity contribution in [1.29, 1.82) is 0 Å². The summed E-state index contributed by atoms with van der Waals surface area (Å²) in [5.41, 5.74) is -1.69. The van der Waals surface area contributed by atoms with Gasteiger partial charge in [-0.2, -0.15) is 0 Å². The minimum Gasteiger partial charge on any atom is -0.459 e. The number of aliphatic imine (C=N–C) groups is 1. The zero-order valence-corrected chi connectivity index (χ0v) is 39.6. The van der Waals surface area contributed by atoms with Crippen LogP contribution in [0.1, 0.15) is 108 Å². The van der Waals surface area contributed by atoms with Gasteiger partial charge in [-0.1, -0.05) is 44.9 Å². The van der Waals surface area contributed by atoms with Crippen LogP contribution in [0.4, 0.5) is 0 Å². The molecule has 2 saturated heterocycles. The molecular weight excluding hydrogens is 831 g/mol. The number of likely N-dealkylation sites (N-methyl/N-ethyl adjacent to an activating group) is 1. The second-order valence-electron chi connectivity index (χ2n) is 17.9. The fraction of sp³-hybridized carbons (Fsp3) is 0.696. The van der Waals surface area contributed by atoms with E-state index in [1.54, 1.807) is 52.2 Å². The number of pyridine rings is 1. The summed E-state index contributed by atoms with van der Waals surface area (Å²) >= 11 is 0. The van der Waals surface area contributed by atoms with E-state index in [-0.39, 0.29) is 43.9 Å². The largest absolute Gasteiger partial charge is 0.459 e. The number of hydrogen-bond donors (Lipinski definition) is 2. The molecule has 18 nitrogen and oxygen atoms in total. The van der Waals surface area contributed by atoms with Crippen molar-refractivity contribution in [1.82, 2.24) is 15.0 Å². The van der Waals surface area contributed by atoms with Gasteiger partial charge in [0.15, 0.2) is 30.5 Å². The molecule has 2 aliphatic rings. The number of hydrogen-bond acceptors (Lipinski definition) is 17. The Labute approximate surface area is 376 Å². The molecule has 2 aromatic heterocycles. The molecule has 1 amide bonds. The van der Waals surface area contributed by atoms with Gasteiger partial charge in [-0.3, -0.25) is 24.2 Å². The smallest absolute Gasteiger partial charge is 0.316 e. The molecule has 0 spiro atoms. The van der Waals surface area contributed by atoms with Crippen LogP contribution < -0.4 is 0 Å². The molecule has 18 heteroatoms. The molecule has 0 unspecified atom stereocenters. The minimum atomic E-state index is -1.92. The molecule has 2 aliphatic heterocycles. The van der Waals surface area contributed by atoms with Gasteiger partial charge in [-0.15, -0.1) is 0 Å². The van der Waals surface area contributed by atoms with Crippen LogP contribution in [0.3, 0.4) is 0 Å². The van der Waals surface area contributed by atoms with E-state index in [0.29, 0.717) is 30.0 Å². The quantitative estimate of drug-likeness (QED) is 0.115. The fourth-order valence-corrected chi connectivity index (χ4v) is 8.85. The van der Waals surface area contributed by atoms with Crippen molar-refractivity contribution in [2.45, 2.75) is 163 Å². The number of nitrogens with zero attached hydrogens (tertiary/aromatic N) is 5. The number of aromatic nitrogens is 2. The number of esters is 2. The number of aliphatic hydroxyl groups is 2. The number of rotatable bonds is 13. The van der Waals surface area contributed by atoms with E-state index in [0.717, 1.165) is 5.56 Å². The Morgan fingerprint density at radius 1 is 1.00 bits per heavy atom. The number of oxime groups is 1. The van der Waals surface area contributed by atoms with Crippen molar-refractivity contribution >= 4 is 35.1 Å². The summed E-state index contributed by atoms with van der Waals surface area (Å²) in [4.78, 5) is 70.0. The molecule has 0 aliphatic carbocycles. The highest BCUT2D eigenvalue weighted by atomic mass is 16.7. The summed E-state index contributed by atoms with van der Waals surface area (Å²) in [6.07, 6.45) is -2.14. The lowest BCUT2D eigenvalue weighted by atomic mass is 9.74. The summed E-state index contributed by atoms with van der Waals surface area (Å²) in [6.45, 7) is 17.4. The van der Waals surface area contributed by atoms with Crippen LogP contribution >= 0.6 is 0 Å². The Morgan fingerprint density at radius 2 is 1.70 bits per heavy atom. The van der Waals surface area contributed by atoms with Crippen molar-refractivity contribution in [2.75, 3.05) is 20.7 Å². The summed E-state index contributed by atoms with van der Waals surface area (Å²) in [7, 11) is 3.68. The molecule has 2 aromatic rings. The lowest BCUT2D eigenvalue weighted by Crippen LogP contribution is -2.60. The van der Waals surface area contributed by atoms with Gasteiger partial charge in [0.25, 0.3) is 0 Å². The summed E-state index contributed by atoms with van der Waals surface area (Å²) in [5.74, 6) is -6.06. The SMILES string of the molecule is CCC(CO[C@@H]1[C@@H](C)/C(=N/C(C)=O)[C@H](C)C[C@@](C)(O)[C@H](O[C@@H]2O[C@H](C)C[C@H](N(C)C)[C@H]2OC(C)=O)[C@@H](C)C(=O)[C@@H](C)C(=O)O[C@H](CC)[C@@]1(C)O)=NOCc1ccc(-c2ccno2)cn1. The maximum absolute atomic E-state index is 14.4.